The van der Waals surface area contributed by atoms with Gasteiger partial charge in [0, 0.05) is 13.0 Å². The van der Waals surface area contributed by atoms with E-state index in [0.29, 0.717) is 12.8 Å². The molecule has 0 bridgehead atoms. The van der Waals surface area contributed by atoms with E-state index in [0.717, 1.165) is 5.56 Å². The van der Waals surface area contributed by atoms with Gasteiger partial charge in [-0.1, -0.05) is 44.2 Å². The first-order chi connectivity index (χ1) is 10.4. The van der Waals surface area contributed by atoms with Gasteiger partial charge in [-0.3, -0.25) is 4.79 Å². The molecule has 1 aliphatic rings. The number of likely N-dealkylation sites (tertiary alicyclic amines) is 1. The van der Waals surface area contributed by atoms with E-state index < -0.39 is 17.1 Å². The Morgan fingerprint density at radius 3 is 2.32 bits per heavy atom. The number of nitrogens with zero attached hydrogens (tertiary/aromatic N) is 1. The average molecular weight is 307 g/mol. The Hall–Kier alpha value is -1.91. The second-order valence-corrected chi connectivity index (χ2v) is 5.90. The highest BCUT2D eigenvalue weighted by Crippen LogP contribution is 2.36. The first-order valence-electron chi connectivity index (χ1n) is 7.67. The molecule has 4 nitrogen and oxygen atoms in total. The van der Waals surface area contributed by atoms with Crippen molar-refractivity contribution < 1.29 is 19.1 Å². The predicted molar refractivity (Wildman–Crippen MR) is 81.4 cm³/mol. The van der Waals surface area contributed by atoms with Crippen LogP contribution >= 0.6 is 0 Å². The van der Waals surface area contributed by atoms with Crippen LogP contribution in [0.15, 0.2) is 30.3 Å². The molecule has 120 valence electrons. The number of halogens is 1. The molecule has 1 N–H and O–H groups in total. The Morgan fingerprint density at radius 1 is 1.27 bits per heavy atom. The second-order valence-electron chi connectivity index (χ2n) is 5.90. The number of aliphatic carboxylic acids is 1. The highest BCUT2D eigenvalue weighted by atomic mass is 19.1. The van der Waals surface area contributed by atoms with E-state index in [9.17, 15) is 14.0 Å². The van der Waals surface area contributed by atoms with Crippen molar-refractivity contribution in [2.24, 2.45) is 0 Å². The number of rotatable bonds is 5. The molecule has 1 unspecified atom stereocenters. The van der Waals surface area contributed by atoms with E-state index >= 15 is 0 Å². The summed E-state index contributed by atoms with van der Waals surface area (Å²) in [7, 11) is 0. The summed E-state index contributed by atoms with van der Waals surface area (Å²) in [5.74, 6) is -1.66. The van der Waals surface area contributed by atoms with Gasteiger partial charge < -0.3 is 10.0 Å². The highest BCUT2D eigenvalue weighted by molar-refractivity contribution is 5.90. The fourth-order valence-corrected chi connectivity index (χ4v) is 3.26. The molecule has 0 aromatic heterocycles. The molecule has 1 aromatic carbocycles. The van der Waals surface area contributed by atoms with E-state index in [-0.39, 0.29) is 25.4 Å². The topological polar surface area (TPSA) is 57.6 Å². The number of alkyl halides is 1. The van der Waals surface area contributed by atoms with Crippen LogP contribution in [0.25, 0.3) is 0 Å². The minimum Gasteiger partial charge on any atom is -0.479 e. The maximum Gasteiger partial charge on any atom is 0.343 e. The van der Waals surface area contributed by atoms with Crippen LogP contribution in [0.4, 0.5) is 4.39 Å². The minimum absolute atomic E-state index is 0.146. The van der Waals surface area contributed by atoms with Gasteiger partial charge >= 0.3 is 5.97 Å². The van der Waals surface area contributed by atoms with E-state index in [2.05, 4.69) is 0 Å². The van der Waals surface area contributed by atoms with Crippen molar-refractivity contribution in [2.75, 3.05) is 13.1 Å². The Bertz CT molecular complexity index is 556. The molecule has 2 rings (SSSR count). The van der Waals surface area contributed by atoms with E-state index in [4.69, 9.17) is 5.11 Å². The second kappa shape index (κ2) is 6.07. The number of benzene rings is 1. The Balaban J connectivity index is 2.31. The first kappa shape index (κ1) is 16.5. The molecule has 1 heterocycles. The van der Waals surface area contributed by atoms with Gasteiger partial charge in [-0.05, 0) is 18.4 Å². The summed E-state index contributed by atoms with van der Waals surface area (Å²) >= 11 is 0. The lowest BCUT2D eigenvalue weighted by Gasteiger charge is -2.35. The fraction of sp³-hybridized carbons (Fsp3) is 0.529. The standard InChI is InChI=1S/C17H22FNO3/c1-3-16(4-2,13-8-6-5-7-9-13)14(20)19-11-10-17(18,12-19)15(21)22/h5-9H,3-4,10-12H2,1-2H3,(H,21,22). The summed E-state index contributed by atoms with van der Waals surface area (Å²) < 4.78 is 14.3. The van der Waals surface area contributed by atoms with Gasteiger partial charge in [-0.2, -0.15) is 0 Å². The molecule has 0 radical (unpaired) electrons. The molecular weight excluding hydrogens is 285 g/mol. The third kappa shape index (κ3) is 2.60. The van der Waals surface area contributed by atoms with Crippen LogP contribution in [0.2, 0.25) is 0 Å². The number of carbonyl (C=O) groups excluding carboxylic acids is 1. The average Bonchev–Trinajstić information content (AvgIpc) is 2.94. The number of carboxylic acids is 1. The third-order valence-corrected chi connectivity index (χ3v) is 4.83. The van der Waals surface area contributed by atoms with Gasteiger partial charge in [0.1, 0.15) is 0 Å². The lowest BCUT2D eigenvalue weighted by atomic mass is 9.74. The van der Waals surface area contributed by atoms with Gasteiger partial charge in [0.2, 0.25) is 11.6 Å². The van der Waals surface area contributed by atoms with Crippen molar-refractivity contribution in [3.05, 3.63) is 35.9 Å². The third-order valence-electron chi connectivity index (χ3n) is 4.83. The summed E-state index contributed by atoms with van der Waals surface area (Å²) in [4.78, 5) is 25.4. The molecule has 5 heteroatoms. The summed E-state index contributed by atoms with van der Waals surface area (Å²) in [6, 6.07) is 9.45. The van der Waals surface area contributed by atoms with E-state index in [1.807, 2.05) is 44.2 Å². The molecule has 0 aliphatic carbocycles. The van der Waals surface area contributed by atoms with Gasteiger partial charge in [0.15, 0.2) is 0 Å². The zero-order valence-corrected chi connectivity index (χ0v) is 13.0. The minimum atomic E-state index is -2.32. The molecule has 1 amide bonds. The summed E-state index contributed by atoms with van der Waals surface area (Å²) in [5, 5.41) is 8.99. The number of carboxylic acid groups (broad SMARTS) is 1. The summed E-state index contributed by atoms with van der Waals surface area (Å²) in [5.41, 5.74) is -2.14. The smallest absolute Gasteiger partial charge is 0.343 e. The normalized spacial score (nSPS) is 21.9. The number of hydrogen-bond donors (Lipinski definition) is 1. The van der Waals surface area contributed by atoms with Gasteiger partial charge in [-0.15, -0.1) is 0 Å². The molecule has 0 saturated carbocycles. The van der Waals surface area contributed by atoms with E-state index in [1.165, 1.54) is 4.90 Å². The molecule has 1 aromatic rings. The van der Waals surface area contributed by atoms with Crippen molar-refractivity contribution in [1.29, 1.82) is 0 Å². The van der Waals surface area contributed by atoms with Crippen molar-refractivity contribution in [1.82, 2.24) is 4.90 Å². The maximum atomic E-state index is 14.3. The number of carbonyl (C=O) groups is 2. The van der Waals surface area contributed by atoms with Crippen LogP contribution < -0.4 is 0 Å². The SMILES string of the molecule is CCC(CC)(C(=O)N1CCC(F)(C(=O)O)C1)c1ccccc1. The van der Waals surface area contributed by atoms with Crippen molar-refractivity contribution >= 4 is 11.9 Å². The molecule has 1 aliphatic heterocycles. The lowest BCUT2D eigenvalue weighted by Crippen LogP contribution is -2.47. The quantitative estimate of drug-likeness (QED) is 0.910. The Kier molecular flexibility index (Phi) is 4.54. The highest BCUT2D eigenvalue weighted by Gasteiger charge is 2.50. The molecule has 22 heavy (non-hydrogen) atoms. The molecule has 1 fully saturated rings. The monoisotopic (exact) mass is 307 g/mol. The van der Waals surface area contributed by atoms with Crippen molar-refractivity contribution in [3.63, 3.8) is 0 Å². The van der Waals surface area contributed by atoms with E-state index in [1.54, 1.807) is 0 Å². The number of hydrogen-bond acceptors (Lipinski definition) is 2. The Labute approximate surface area is 129 Å². The lowest BCUT2D eigenvalue weighted by molar-refractivity contribution is -0.150. The zero-order chi connectivity index (χ0) is 16.4. The number of amides is 1. The first-order valence-corrected chi connectivity index (χ1v) is 7.67. The van der Waals surface area contributed by atoms with Crippen LogP contribution in [0.1, 0.15) is 38.7 Å². The molecular formula is C17H22FNO3. The van der Waals surface area contributed by atoms with Gasteiger partial charge in [0.05, 0.1) is 12.0 Å². The molecule has 1 saturated heterocycles. The fourth-order valence-electron chi connectivity index (χ4n) is 3.26. The summed E-state index contributed by atoms with van der Waals surface area (Å²) in [6.45, 7) is 3.65. The molecule has 0 spiro atoms. The van der Waals surface area contributed by atoms with Crippen LogP contribution in [-0.4, -0.2) is 40.6 Å². The predicted octanol–water partition coefficient (Wildman–Crippen LogP) is 2.77. The largest absolute Gasteiger partial charge is 0.479 e. The van der Waals surface area contributed by atoms with Crippen LogP contribution in [0.5, 0.6) is 0 Å². The maximum absolute atomic E-state index is 14.3. The van der Waals surface area contributed by atoms with Crippen molar-refractivity contribution in [3.8, 4) is 0 Å². The van der Waals surface area contributed by atoms with Crippen LogP contribution in [0.3, 0.4) is 0 Å². The summed E-state index contributed by atoms with van der Waals surface area (Å²) in [6.07, 6.45) is 1.04. The molecule has 1 atom stereocenters. The van der Waals surface area contributed by atoms with Gasteiger partial charge in [0.25, 0.3) is 0 Å². The van der Waals surface area contributed by atoms with Crippen LogP contribution in [0, 0.1) is 0 Å². The van der Waals surface area contributed by atoms with Crippen LogP contribution in [-0.2, 0) is 15.0 Å². The Morgan fingerprint density at radius 2 is 1.86 bits per heavy atom. The zero-order valence-electron chi connectivity index (χ0n) is 13.0. The van der Waals surface area contributed by atoms with Gasteiger partial charge in [-0.25, -0.2) is 9.18 Å². The van der Waals surface area contributed by atoms with Crippen molar-refractivity contribution in [2.45, 2.75) is 44.2 Å².